The average Bonchev–Trinajstić information content (AvgIpc) is 2.63. The molecule has 0 atom stereocenters. The van der Waals surface area contributed by atoms with Crippen molar-refractivity contribution in [2.24, 2.45) is 0 Å². The summed E-state index contributed by atoms with van der Waals surface area (Å²) in [4.78, 5) is 18.5. The molecule has 0 saturated heterocycles. The lowest BCUT2D eigenvalue weighted by Gasteiger charge is -2.17. The van der Waals surface area contributed by atoms with E-state index in [1.165, 1.54) is 0 Å². The van der Waals surface area contributed by atoms with Crippen LogP contribution in [0.15, 0.2) is 12.3 Å². The molecule has 0 unspecified atom stereocenters. The zero-order valence-electron chi connectivity index (χ0n) is 10.2. The van der Waals surface area contributed by atoms with Crippen molar-refractivity contribution in [3.8, 4) is 0 Å². The molecule has 0 saturated carbocycles. The molecule has 0 aliphatic heterocycles. The van der Waals surface area contributed by atoms with Crippen molar-refractivity contribution in [3.05, 3.63) is 18.0 Å². The molecule has 1 heterocycles. The summed E-state index contributed by atoms with van der Waals surface area (Å²) < 4.78 is 0. The van der Waals surface area contributed by atoms with Crippen molar-refractivity contribution >= 4 is 11.6 Å². The van der Waals surface area contributed by atoms with Crippen molar-refractivity contribution in [1.29, 1.82) is 0 Å². The minimum Gasteiger partial charge on any atom is -0.397 e. The van der Waals surface area contributed by atoms with Gasteiger partial charge < -0.3 is 20.5 Å². The number of nitrogens with one attached hydrogen (secondary N) is 1. The first kappa shape index (κ1) is 12.6. The van der Waals surface area contributed by atoms with Crippen molar-refractivity contribution in [1.82, 2.24) is 14.8 Å². The number of nitrogens with zero attached hydrogens (tertiary/aromatic N) is 2. The van der Waals surface area contributed by atoms with E-state index in [1.54, 1.807) is 24.2 Å². The Labute approximate surface area is 96.2 Å². The van der Waals surface area contributed by atoms with E-state index in [4.69, 9.17) is 5.73 Å². The number of hydrogen-bond donors (Lipinski definition) is 2. The maximum Gasteiger partial charge on any atom is 0.270 e. The molecule has 5 heteroatoms. The molecule has 0 aliphatic carbocycles. The highest BCUT2D eigenvalue weighted by Crippen LogP contribution is 2.07. The molecule has 0 aromatic carbocycles. The molecule has 3 N–H and O–H groups in total. The molecule has 0 fully saturated rings. The van der Waals surface area contributed by atoms with E-state index in [-0.39, 0.29) is 5.91 Å². The van der Waals surface area contributed by atoms with Crippen LogP contribution < -0.4 is 5.73 Å². The Balaban J connectivity index is 2.42. The molecule has 1 aromatic heterocycles. The Morgan fingerprint density at radius 2 is 2.06 bits per heavy atom. The summed E-state index contributed by atoms with van der Waals surface area (Å²) in [5, 5.41) is 0. The van der Waals surface area contributed by atoms with Crippen molar-refractivity contribution in [3.63, 3.8) is 0 Å². The Morgan fingerprint density at radius 3 is 2.56 bits per heavy atom. The molecule has 1 aromatic rings. The topological polar surface area (TPSA) is 65.4 Å². The van der Waals surface area contributed by atoms with Crippen LogP contribution in [0.5, 0.6) is 0 Å². The van der Waals surface area contributed by atoms with Gasteiger partial charge in [-0.1, -0.05) is 0 Å². The van der Waals surface area contributed by atoms with E-state index in [0.717, 1.165) is 19.5 Å². The maximum absolute atomic E-state index is 11.9. The number of nitrogen functional groups attached to an aromatic ring is 1. The Bertz CT molecular complexity index is 346. The van der Waals surface area contributed by atoms with Gasteiger partial charge in [-0.05, 0) is 33.1 Å². The minimum atomic E-state index is -0.0181. The van der Waals surface area contributed by atoms with Crippen molar-refractivity contribution in [2.75, 3.05) is 40.0 Å². The first-order chi connectivity index (χ1) is 7.50. The quantitative estimate of drug-likeness (QED) is 0.770. The van der Waals surface area contributed by atoms with E-state index in [9.17, 15) is 4.79 Å². The number of aromatic nitrogens is 1. The van der Waals surface area contributed by atoms with Gasteiger partial charge in [-0.15, -0.1) is 0 Å². The Morgan fingerprint density at radius 1 is 1.38 bits per heavy atom. The van der Waals surface area contributed by atoms with E-state index in [2.05, 4.69) is 9.88 Å². The number of carbonyl (C=O) groups is 1. The molecule has 16 heavy (non-hydrogen) atoms. The van der Waals surface area contributed by atoms with Gasteiger partial charge in [0.15, 0.2) is 0 Å². The number of amides is 1. The van der Waals surface area contributed by atoms with Crippen molar-refractivity contribution in [2.45, 2.75) is 6.42 Å². The molecule has 1 rings (SSSR count). The van der Waals surface area contributed by atoms with Crippen LogP contribution in [-0.2, 0) is 0 Å². The Kier molecular flexibility index (Phi) is 4.37. The average molecular weight is 224 g/mol. The molecule has 0 spiro atoms. The van der Waals surface area contributed by atoms with Gasteiger partial charge in [0, 0.05) is 25.5 Å². The molecule has 0 bridgehead atoms. The summed E-state index contributed by atoms with van der Waals surface area (Å²) in [5.41, 5.74) is 6.68. The molecule has 5 nitrogen and oxygen atoms in total. The Hall–Kier alpha value is -1.49. The SMILES string of the molecule is CN(C)CCCN(C)C(=O)c1cc(N)c[nH]1. The van der Waals surface area contributed by atoms with Crippen LogP contribution >= 0.6 is 0 Å². The number of carbonyl (C=O) groups excluding carboxylic acids is 1. The molecule has 0 radical (unpaired) electrons. The second kappa shape index (κ2) is 5.55. The third-order valence-electron chi connectivity index (χ3n) is 2.38. The van der Waals surface area contributed by atoms with Gasteiger partial charge in [-0.2, -0.15) is 0 Å². The van der Waals surface area contributed by atoms with Gasteiger partial charge in [-0.3, -0.25) is 4.79 Å². The normalized spacial score (nSPS) is 10.8. The lowest BCUT2D eigenvalue weighted by molar-refractivity contribution is 0.0785. The summed E-state index contributed by atoms with van der Waals surface area (Å²) in [6.07, 6.45) is 2.59. The summed E-state index contributed by atoms with van der Waals surface area (Å²) >= 11 is 0. The summed E-state index contributed by atoms with van der Waals surface area (Å²) in [7, 11) is 5.84. The molecular weight excluding hydrogens is 204 g/mol. The standard InChI is InChI=1S/C11H20N4O/c1-14(2)5-4-6-15(3)11(16)10-7-9(12)8-13-10/h7-8,13H,4-6,12H2,1-3H3. The minimum absolute atomic E-state index is 0.0181. The van der Waals surface area contributed by atoms with Gasteiger partial charge in [0.05, 0.1) is 0 Å². The van der Waals surface area contributed by atoms with Crippen LogP contribution in [0.3, 0.4) is 0 Å². The zero-order chi connectivity index (χ0) is 12.1. The highest BCUT2D eigenvalue weighted by molar-refractivity contribution is 5.93. The maximum atomic E-state index is 11.9. The fraction of sp³-hybridized carbons (Fsp3) is 0.545. The largest absolute Gasteiger partial charge is 0.397 e. The first-order valence-corrected chi connectivity index (χ1v) is 5.35. The summed E-state index contributed by atoms with van der Waals surface area (Å²) in [5.74, 6) is -0.0181. The summed E-state index contributed by atoms with van der Waals surface area (Å²) in [6.45, 7) is 1.72. The molecule has 1 amide bonds. The molecular formula is C11H20N4O. The van der Waals surface area contributed by atoms with Crippen LogP contribution in [0.25, 0.3) is 0 Å². The van der Waals surface area contributed by atoms with E-state index < -0.39 is 0 Å². The number of nitrogens with two attached hydrogens (primary N) is 1. The van der Waals surface area contributed by atoms with E-state index >= 15 is 0 Å². The third kappa shape index (κ3) is 3.58. The van der Waals surface area contributed by atoms with Crippen LogP contribution in [0, 0.1) is 0 Å². The number of anilines is 1. The monoisotopic (exact) mass is 224 g/mol. The van der Waals surface area contributed by atoms with Gasteiger partial charge in [0.2, 0.25) is 0 Å². The van der Waals surface area contributed by atoms with E-state index in [1.807, 2.05) is 14.1 Å². The van der Waals surface area contributed by atoms with Gasteiger partial charge in [-0.25, -0.2) is 0 Å². The second-order valence-corrected chi connectivity index (χ2v) is 4.23. The summed E-state index contributed by atoms with van der Waals surface area (Å²) in [6, 6.07) is 1.66. The van der Waals surface area contributed by atoms with E-state index in [0.29, 0.717) is 11.4 Å². The molecule has 90 valence electrons. The van der Waals surface area contributed by atoms with Crippen LogP contribution in [0.4, 0.5) is 5.69 Å². The van der Waals surface area contributed by atoms with Crippen LogP contribution in [-0.4, -0.2) is 54.9 Å². The highest BCUT2D eigenvalue weighted by Gasteiger charge is 2.12. The predicted octanol–water partition coefficient (Wildman–Crippen LogP) is 0.621. The first-order valence-electron chi connectivity index (χ1n) is 5.35. The predicted molar refractivity (Wildman–Crippen MR) is 65.3 cm³/mol. The third-order valence-corrected chi connectivity index (χ3v) is 2.38. The van der Waals surface area contributed by atoms with Gasteiger partial charge >= 0.3 is 0 Å². The number of aromatic amines is 1. The number of H-pyrrole nitrogens is 1. The van der Waals surface area contributed by atoms with Crippen LogP contribution in [0.1, 0.15) is 16.9 Å². The van der Waals surface area contributed by atoms with Gasteiger partial charge in [0.25, 0.3) is 5.91 Å². The smallest absolute Gasteiger partial charge is 0.270 e. The van der Waals surface area contributed by atoms with Crippen molar-refractivity contribution < 1.29 is 4.79 Å². The zero-order valence-corrected chi connectivity index (χ0v) is 10.2. The number of rotatable bonds is 5. The highest BCUT2D eigenvalue weighted by atomic mass is 16.2. The molecule has 0 aliphatic rings. The van der Waals surface area contributed by atoms with Gasteiger partial charge in [0.1, 0.15) is 5.69 Å². The lowest BCUT2D eigenvalue weighted by atomic mass is 10.3. The lowest BCUT2D eigenvalue weighted by Crippen LogP contribution is -2.29. The fourth-order valence-electron chi connectivity index (χ4n) is 1.47. The van der Waals surface area contributed by atoms with Crippen LogP contribution in [0.2, 0.25) is 0 Å². The number of hydrogen-bond acceptors (Lipinski definition) is 3. The second-order valence-electron chi connectivity index (χ2n) is 4.23. The fourth-order valence-corrected chi connectivity index (χ4v) is 1.47.